The molecule has 0 atom stereocenters. The molecule has 0 heterocycles. The van der Waals surface area contributed by atoms with Crippen molar-refractivity contribution in [2.24, 2.45) is 0 Å². The summed E-state index contributed by atoms with van der Waals surface area (Å²) in [6.45, 7) is 2.96. The van der Waals surface area contributed by atoms with E-state index in [1.165, 1.54) is 0 Å². The Morgan fingerprint density at radius 3 is 2.56 bits per heavy atom. The maximum absolute atomic E-state index is 12.0. The third-order valence-corrected chi connectivity index (χ3v) is 4.12. The molecular weight excluding hydrogens is 431 g/mol. The minimum Gasteiger partial charge on any atom is -0.484 e. The molecule has 25 heavy (non-hydrogen) atoms. The molecule has 0 aliphatic heterocycles. The van der Waals surface area contributed by atoms with Gasteiger partial charge in [-0.3, -0.25) is 9.59 Å². The van der Waals surface area contributed by atoms with Crippen LogP contribution >= 0.6 is 22.6 Å². The number of ether oxygens (including phenoxy) is 1. The number of carbonyl (C=O) groups is 2. The summed E-state index contributed by atoms with van der Waals surface area (Å²) in [5.41, 5.74) is 1.46. The fourth-order valence-electron chi connectivity index (χ4n) is 2.09. The van der Waals surface area contributed by atoms with E-state index in [1.54, 1.807) is 12.1 Å². The molecule has 0 bridgehead atoms. The number of halogens is 1. The molecule has 132 valence electrons. The number of benzene rings is 2. The molecule has 2 rings (SSSR count). The van der Waals surface area contributed by atoms with Crippen molar-refractivity contribution in [2.45, 2.75) is 19.9 Å². The average molecular weight is 452 g/mol. The van der Waals surface area contributed by atoms with Crippen LogP contribution in [-0.4, -0.2) is 25.0 Å². The molecule has 0 unspecified atom stereocenters. The Hall–Kier alpha value is -2.09. The van der Waals surface area contributed by atoms with Crippen molar-refractivity contribution in [1.29, 1.82) is 0 Å². The van der Waals surface area contributed by atoms with E-state index >= 15 is 0 Å². The van der Waals surface area contributed by atoms with Crippen molar-refractivity contribution in [2.75, 3.05) is 13.2 Å². The highest BCUT2D eigenvalue weighted by atomic mass is 127. The minimum atomic E-state index is -0.209. The quantitative estimate of drug-likeness (QED) is 0.605. The van der Waals surface area contributed by atoms with Crippen molar-refractivity contribution in [3.63, 3.8) is 0 Å². The number of rotatable bonds is 8. The largest absolute Gasteiger partial charge is 0.484 e. The van der Waals surface area contributed by atoms with Gasteiger partial charge in [-0.2, -0.15) is 0 Å². The van der Waals surface area contributed by atoms with Crippen LogP contribution in [0, 0.1) is 3.57 Å². The first kappa shape index (κ1) is 19.2. The third kappa shape index (κ3) is 6.74. The molecular formula is C19H21IN2O3. The van der Waals surface area contributed by atoms with Gasteiger partial charge in [-0.25, -0.2) is 0 Å². The first-order valence-corrected chi connectivity index (χ1v) is 9.18. The highest BCUT2D eigenvalue weighted by molar-refractivity contribution is 14.1. The third-order valence-electron chi connectivity index (χ3n) is 3.40. The Labute approximate surface area is 161 Å². The number of amides is 2. The van der Waals surface area contributed by atoms with Crippen LogP contribution in [-0.2, 0) is 11.3 Å². The fraction of sp³-hybridized carbons (Fsp3) is 0.263. The molecule has 2 aromatic rings. The second-order valence-electron chi connectivity index (χ2n) is 5.48. The van der Waals surface area contributed by atoms with E-state index in [0.29, 0.717) is 24.4 Å². The summed E-state index contributed by atoms with van der Waals surface area (Å²) in [5, 5.41) is 5.63. The Bertz CT molecular complexity index is 717. The Morgan fingerprint density at radius 2 is 1.84 bits per heavy atom. The van der Waals surface area contributed by atoms with E-state index in [0.717, 1.165) is 15.6 Å². The van der Waals surface area contributed by atoms with Gasteiger partial charge in [0.15, 0.2) is 6.61 Å². The van der Waals surface area contributed by atoms with E-state index in [-0.39, 0.29) is 18.4 Å². The average Bonchev–Trinajstić information content (AvgIpc) is 2.64. The molecule has 2 amide bonds. The number of hydrogen-bond donors (Lipinski definition) is 2. The van der Waals surface area contributed by atoms with Gasteiger partial charge >= 0.3 is 0 Å². The summed E-state index contributed by atoms with van der Waals surface area (Å²) >= 11 is 2.21. The van der Waals surface area contributed by atoms with Gasteiger partial charge in [0.25, 0.3) is 11.8 Å². The van der Waals surface area contributed by atoms with Crippen LogP contribution < -0.4 is 15.4 Å². The Morgan fingerprint density at radius 1 is 1.08 bits per heavy atom. The lowest BCUT2D eigenvalue weighted by atomic mass is 10.1. The maximum atomic E-state index is 12.0. The van der Waals surface area contributed by atoms with E-state index in [4.69, 9.17) is 4.74 Å². The summed E-state index contributed by atoms with van der Waals surface area (Å²) in [4.78, 5) is 23.9. The van der Waals surface area contributed by atoms with Gasteiger partial charge in [0.05, 0.1) is 0 Å². The SMILES string of the molecule is CCCNC(=O)c1cccc(CNC(=O)COc2ccc(I)cc2)c1. The second-order valence-corrected chi connectivity index (χ2v) is 6.72. The number of carbonyl (C=O) groups excluding carboxylic acids is 2. The van der Waals surface area contributed by atoms with Gasteiger partial charge in [0.1, 0.15) is 5.75 Å². The number of hydrogen-bond acceptors (Lipinski definition) is 3. The van der Waals surface area contributed by atoms with E-state index < -0.39 is 0 Å². The van der Waals surface area contributed by atoms with Crippen molar-refractivity contribution in [3.05, 3.63) is 63.2 Å². The van der Waals surface area contributed by atoms with Crippen molar-refractivity contribution < 1.29 is 14.3 Å². The van der Waals surface area contributed by atoms with E-state index in [1.807, 2.05) is 43.3 Å². The van der Waals surface area contributed by atoms with Gasteiger partial charge in [0.2, 0.25) is 0 Å². The molecule has 0 fully saturated rings. The van der Waals surface area contributed by atoms with Crippen LogP contribution in [0.2, 0.25) is 0 Å². The summed E-state index contributed by atoms with van der Waals surface area (Å²) in [5.74, 6) is 0.349. The Kier molecular flexibility index (Phi) is 7.72. The highest BCUT2D eigenvalue weighted by Crippen LogP contribution is 2.13. The molecule has 0 aliphatic carbocycles. The predicted molar refractivity (Wildman–Crippen MR) is 106 cm³/mol. The zero-order chi connectivity index (χ0) is 18.1. The van der Waals surface area contributed by atoms with Crippen LogP contribution in [0.1, 0.15) is 29.3 Å². The lowest BCUT2D eigenvalue weighted by Gasteiger charge is -2.09. The first-order chi connectivity index (χ1) is 12.1. The summed E-state index contributed by atoms with van der Waals surface area (Å²) in [6.07, 6.45) is 0.891. The number of nitrogens with one attached hydrogen (secondary N) is 2. The zero-order valence-corrected chi connectivity index (χ0v) is 16.2. The predicted octanol–water partition coefficient (Wildman–Crippen LogP) is 3.13. The van der Waals surface area contributed by atoms with Crippen LogP contribution in [0.5, 0.6) is 5.75 Å². The first-order valence-electron chi connectivity index (χ1n) is 8.10. The molecule has 0 spiro atoms. The molecule has 0 aromatic heterocycles. The van der Waals surface area contributed by atoms with Gasteiger partial charge in [-0.05, 0) is 71.0 Å². The van der Waals surface area contributed by atoms with Crippen LogP contribution in [0.25, 0.3) is 0 Å². The fourth-order valence-corrected chi connectivity index (χ4v) is 2.45. The van der Waals surface area contributed by atoms with Crippen LogP contribution in [0.4, 0.5) is 0 Å². The molecule has 2 N–H and O–H groups in total. The standard InChI is InChI=1S/C19H21IN2O3/c1-2-10-21-19(24)15-5-3-4-14(11-15)12-22-18(23)13-25-17-8-6-16(20)7-9-17/h3-9,11H,2,10,12-13H2,1H3,(H,21,24)(H,22,23). The minimum absolute atomic E-state index is 0.0444. The van der Waals surface area contributed by atoms with Gasteiger partial charge in [-0.1, -0.05) is 19.1 Å². The molecule has 0 saturated heterocycles. The zero-order valence-electron chi connectivity index (χ0n) is 14.0. The molecule has 6 heteroatoms. The monoisotopic (exact) mass is 452 g/mol. The summed E-state index contributed by atoms with van der Waals surface area (Å²) < 4.78 is 6.55. The topological polar surface area (TPSA) is 67.4 Å². The highest BCUT2D eigenvalue weighted by Gasteiger charge is 2.07. The van der Waals surface area contributed by atoms with E-state index in [2.05, 4.69) is 33.2 Å². The molecule has 0 saturated carbocycles. The van der Waals surface area contributed by atoms with Crippen molar-refractivity contribution in [1.82, 2.24) is 10.6 Å². The van der Waals surface area contributed by atoms with Crippen molar-refractivity contribution >= 4 is 34.4 Å². The molecule has 5 nitrogen and oxygen atoms in total. The lowest BCUT2D eigenvalue weighted by molar-refractivity contribution is -0.123. The van der Waals surface area contributed by atoms with Crippen molar-refractivity contribution in [3.8, 4) is 5.75 Å². The smallest absolute Gasteiger partial charge is 0.258 e. The van der Waals surface area contributed by atoms with Crippen LogP contribution in [0.15, 0.2) is 48.5 Å². The van der Waals surface area contributed by atoms with Gasteiger partial charge in [-0.15, -0.1) is 0 Å². The summed E-state index contributed by atoms with van der Waals surface area (Å²) in [7, 11) is 0. The van der Waals surface area contributed by atoms with Gasteiger partial charge < -0.3 is 15.4 Å². The lowest BCUT2D eigenvalue weighted by Crippen LogP contribution is -2.28. The molecule has 2 aromatic carbocycles. The molecule has 0 radical (unpaired) electrons. The van der Waals surface area contributed by atoms with Crippen LogP contribution in [0.3, 0.4) is 0 Å². The summed E-state index contributed by atoms with van der Waals surface area (Å²) in [6, 6.07) is 14.7. The molecule has 0 aliphatic rings. The van der Waals surface area contributed by atoms with E-state index in [9.17, 15) is 9.59 Å². The Balaban J connectivity index is 1.81. The maximum Gasteiger partial charge on any atom is 0.258 e. The normalized spacial score (nSPS) is 10.2. The second kappa shape index (κ2) is 10.0. The van der Waals surface area contributed by atoms with Gasteiger partial charge in [0, 0.05) is 22.2 Å².